The summed E-state index contributed by atoms with van der Waals surface area (Å²) in [6.07, 6.45) is 2.86. The van der Waals surface area contributed by atoms with Gasteiger partial charge in [-0.2, -0.15) is 0 Å². The van der Waals surface area contributed by atoms with Crippen molar-refractivity contribution < 1.29 is 14.3 Å². The van der Waals surface area contributed by atoms with Gasteiger partial charge >= 0.3 is 0 Å². The van der Waals surface area contributed by atoms with Crippen LogP contribution in [-0.2, 0) is 0 Å². The van der Waals surface area contributed by atoms with Crippen molar-refractivity contribution in [3.8, 4) is 0 Å². The number of aliphatic hydroxyl groups is 1. The number of carbonyl (C=O) groups is 1. The summed E-state index contributed by atoms with van der Waals surface area (Å²) >= 11 is 0. The molecule has 2 rings (SSSR count). The highest BCUT2D eigenvalue weighted by Crippen LogP contribution is 2.21. The number of carbonyl (C=O) groups excluding carboxylic acids is 1. The average molecular weight is 239 g/mol. The average Bonchev–Trinajstić information content (AvgIpc) is 2.80. The quantitative estimate of drug-likeness (QED) is 0.783. The second-order valence-corrected chi connectivity index (χ2v) is 4.03. The number of rotatable bonds is 2. The van der Waals surface area contributed by atoms with Crippen LogP contribution in [0.25, 0.3) is 0 Å². The van der Waals surface area contributed by atoms with Gasteiger partial charge in [-0.15, -0.1) is 0 Å². The van der Waals surface area contributed by atoms with Crippen LogP contribution in [0.5, 0.6) is 0 Å². The molecule has 0 aromatic carbocycles. The maximum atomic E-state index is 13.6. The highest BCUT2D eigenvalue weighted by atomic mass is 19.1. The third-order valence-electron chi connectivity index (χ3n) is 3.00. The number of hydrogen-bond acceptors (Lipinski definition) is 4. The highest BCUT2D eigenvalue weighted by molar-refractivity contribution is 5.95. The summed E-state index contributed by atoms with van der Waals surface area (Å²) in [6.45, 7) is 0.430. The van der Waals surface area contributed by atoms with Crippen LogP contribution in [0.3, 0.4) is 0 Å². The third-order valence-corrected chi connectivity index (χ3v) is 3.00. The molecule has 1 atom stereocenters. The van der Waals surface area contributed by atoms with Crippen molar-refractivity contribution in [2.75, 3.05) is 18.9 Å². The Hall–Kier alpha value is -1.69. The normalized spacial score (nSPS) is 19.6. The molecule has 1 aromatic heterocycles. The minimum Gasteiger partial charge on any atom is -0.394 e. The zero-order valence-corrected chi connectivity index (χ0v) is 9.27. The number of aliphatic hydroxyl groups excluding tert-OH is 1. The predicted molar refractivity (Wildman–Crippen MR) is 59.8 cm³/mol. The zero-order chi connectivity index (χ0) is 12.4. The summed E-state index contributed by atoms with van der Waals surface area (Å²) < 4.78 is 13.6. The van der Waals surface area contributed by atoms with Gasteiger partial charge in [-0.3, -0.25) is 4.79 Å². The lowest BCUT2D eigenvalue weighted by atomic mass is 10.2. The summed E-state index contributed by atoms with van der Waals surface area (Å²) in [4.78, 5) is 17.1. The number of amides is 1. The lowest BCUT2D eigenvalue weighted by Crippen LogP contribution is -2.38. The molecule has 2 heterocycles. The first-order valence-electron chi connectivity index (χ1n) is 5.47. The van der Waals surface area contributed by atoms with Crippen molar-refractivity contribution in [1.29, 1.82) is 0 Å². The Labute approximate surface area is 98.1 Å². The van der Waals surface area contributed by atoms with Crippen LogP contribution in [0.15, 0.2) is 12.3 Å². The second-order valence-electron chi connectivity index (χ2n) is 4.03. The maximum absolute atomic E-state index is 13.6. The summed E-state index contributed by atoms with van der Waals surface area (Å²) in [5.41, 5.74) is 5.23. The molecular weight excluding hydrogens is 225 g/mol. The van der Waals surface area contributed by atoms with Gasteiger partial charge in [-0.05, 0) is 18.9 Å². The van der Waals surface area contributed by atoms with Crippen LogP contribution in [0.2, 0.25) is 0 Å². The molecule has 1 aliphatic rings. The summed E-state index contributed by atoms with van der Waals surface area (Å²) in [6, 6.07) is 1.08. The Bertz CT molecular complexity index is 439. The Kier molecular flexibility index (Phi) is 3.23. The number of pyridine rings is 1. The topological polar surface area (TPSA) is 79.5 Å². The first kappa shape index (κ1) is 11.8. The maximum Gasteiger partial charge on any atom is 0.257 e. The van der Waals surface area contributed by atoms with Crippen molar-refractivity contribution >= 4 is 11.7 Å². The van der Waals surface area contributed by atoms with Gasteiger partial charge in [0.25, 0.3) is 5.91 Å². The summed E-state index contributed by atoms with van der Waals surface area (Å²) in [5.74, 6) is -1.51. The minimum atomic E-state index is -0.791. The van der Waals surface area contributed by atoms with E-state index >= 15 is 0 Å². The minimum absolute atomic E-state index is 0.0853. The second kappa shape index (κ2) is 4.67. The van der Waals surface area contributed by atoms with Crippen molar-refractivity contribution in [3.05, 3.63) is 23.6 Å². The molecule has 5 nitrogen and oxygen atoms in total. The van der Waals surface area contributed by atoms with Crippen LogP contribution >= 0.6 is 0 Å². The van der Waals surface area contributed by atoms with E-state index in [1.165, 1.54) is 17.2 Å². The van der Waals surface area contributed by atoms with E-state index in [-0.39, 0.29) is 24.0 Å². The molecule has 1 aromatic rings. The van der Waals surface area contributed by atoms with E-state index in [4.69, 9.17) is 10.8 Å². The van der Waals surface area contributed by atoms with Crippen molar-refractivity contribution in [2.45, 2.75) is 18.9 Å². The molecule has 0 aliphatic carbocycles. The number of hydrogen-bond donors (Lipinski definition) is 2. The largest absolute Gasteiger partial charge is 0.394 e. The van der Waals surface area contributed by atoms with Gasteiger partial charge < -0.3 is 15.7 Å². The number of nitrogens with zero attached hydrogens (tertiary/aromatic N) is 2. The smallest absolute Gasteiger partial charge is 0.257 e. The fourth-order valence-electron chi connectivity index (χ4n) is 2.07. The Balaban J connectivity index is 2.28. The fourth-order valence-corrected chi connectivity index (χ4v) is 2.07. The first-order chi connectivity index (χ1) is 8.15. The number of aromatic nitrogens is 1. The fraction of sp³-hybridized carbons (Fsp3) is 0.455. The van der Waals surface area contributed by atoms with E-state index in [0.29, 0.717) is 6.54 Å². The lowest BCUT2D eigenvalue weighted by Gasteiger charge is -2.23. The number of nitrogen functional groups attached to an aromatic ring is 1. The molecule has 3 N–H and O–H groups in total. The molecule has 92 valence electrons. The Morgan fingerprint density at radius 3 is 3.18 bits per heavy atom. The molecular formula is C11H14FN3O2. The summed E-state index contributed by atoms with van der Waals surface area (Å²) in [5, 5.41) is 9.13. The molecule has 0 bridgehead atoms. The SMILES string of the molecule is Nc1nccc(C(=O)N2CCCC2CO)c1F. The van der Waals surface area contributed by atoms with Gasteiger partial charge in [0.05, 0.1) is 18.2 Å². The molecule has 0 spiro atoms. The third kappa shape index (κ3) is 2.08. The number of anilines is 1. The van der Waals surface area contributed by atoms with Crippen LogP contribution in [-0.4, -0.2) is 40.1 Å². The Morgan fingerprint density at radius 1 is 1.71 bits per heavy atom. The Morgan fingerprint density at radius 2 is 2.47 bits per heavy atom. The van der Waals surface area contributed by atoms with Gasteiger partial charge in [0.2, 0.25) is 0 Å². The first-order valence-corrected chi connectivity index (χ1v) is 5.47. The van der Waals surface area contributed by atoms with Gasteiger partial charge in [0.1, 0.15) is 0 Å². The standard InChI is InChI=1S/C11H14FN3O2/c12-9-8(3-4-14-10(9)13)11(17)15-5-1-2-7(15)6-16/h3-4,7,16H,1-2,5-6H2,(H2,13,14). The number of nitrogens with two attached hydrogens (primary N) is 1. The van der Waals surface area contributed by atoms with E-state index in [2.05, 4.69) is 4.98 Å². The van der Waals surface area contributed by atoms with Gasteiger partial charge in [-0.25, -0.2) is 9.37 Å². The molecule has 1 unspecified atom stereocenters. The highest BCUT2D eigenvalue weighted by Gasteiger charge is 2.30. The van der Waals surface area contributed by atoms with Crippen molar-refractivity contribution in [1.82, 2.24) is 9.88 Å². The van der Waals surface area contributed by atoms with Crippen LogP contribution in [0.1, 0.15) is 23.2 Å². The molecule has 17 heavy (non-hydrogen) atoms. The van der Waals surface area contributed by atoms with Crippen LogP contribution < -0.4 is 5.73 Å². The molecule has 1 aliphatic heterocycles. The predicted octanol–water partition coefficient (Wildman–Crippen LogP) is 0.400. The van der Waals surface area contributed by atoms with E-state index in [0.717, 1.165) is 12.8 Å². The number of halogens is 1. The van der Waals surface area contributed by atoms with Crippen molar-refractivity contribution in [2.24, 2.45) is 0 Å². The molecule has 1 amide bonds. The monoisotopic (exact) mass is 239 g/mol. The van der Waals surface area contributed by atoms with E-state index in [9.17, 15) is 9.18 Å². The van der Waals surface area contributed by atoms with E-state index in [1.807, 2.05) is 0 Å². The summed E-state index contributed by atoms with van der Waals surface area (Å²) in [7, 11) is 0. The molecule has 6 heteroatoms. The van der Waals surface area contributed by atoms with Gasteiger partial charge in [-0.1, -0.05) is 0 Å². The molecule has 0 saturated carbocycles. The zero-order valence-electron chi connectivity index (χ0n) is 9.27. The lowest BCUT2D eigenvalue weighted by molar-refractivity contribution is 0.0673. The van der Waals surface area contributed by atoms with Gasteiger partial charge in [0, 0.05) is 12.7 Å². The van der Waals surface area contributed by atoms with Gasteiger partial charge in [0.15, 0.2) is 11.6 Å². The molecule has 1 saturated heterocycles. The van der Waals surface area contributed by atoms with Crippen molar-refractivity contribution in [3.63, 3.8) is 0 Å². The van der Waals surface area contributed by atoms with Crippen LogP contribution in [0.4, 0.5) is 10.2 Å². The van der Waals surface area contributed by atoms with E-state index in [1.54, 1.807) is 0 Å². The molecule has 0 radical (unpaired) electrons. The molecule has 1 fully saturated rings. The number of likely N-dealkylation sites (tertiary alicyclic amines) is 1. The van der Waals surface area contributed by atoms with Crippen LogP contribution in [0, 0.1) is 5.82 Å². The van der Waals surface area contributed by atoms with E-state index < -0.39 is 11.7 Å².